The van der Waals surface area contributed by atoms with Crippen molar-refractivity contribution in [2.75, 3.05) is 19.8 Å². The zero-order valence-electron chi connectivity index (χ0n) is 10.6. The number of hydrogen-bond donors (Lipinski definition) is 1. The molecule has 0 unspecified atom stereocenters. The van der Waals surface area contributed by atoms with Crippen molar-refractivity contribution in [1.82, 2.24) is 4.90 Å². The molecule has 5 nitrogen and oxygen atoms in total. The second-order valence-electron chi connectivity index (χ2n) is 5.17. The molecule has 18 heavy (non-hydrogen) atoms. The number of carboxylic acid groups (broad SMARTS) is 1. The van der Waals surface area contributed by atoms with Gasteiger partial charge >= 0.3 is 5.97 Å². The third kappa shape index (κ3) is 3.22. The molecule has 0 aromatic rings. The van der Waals surface area contributed by atoms with Gasteiger partial charge in [0, 0.05) is 25.6 Å². The molecule has 0 aliphatic carbocycles. The molecule has 1 N–H and O–H groups in total. The fourth-order valence-corrected chi connectivity index (χ4v) is 2.84. The Morgan fingerprint density at radius 3 is 2.78 bits per heavy atom. The molecule has 2 rings (SSSR count). The molecule has 0 bridgehead atoms. The Hall–Kier alpha value is -1.10. The Balaban J connectivity index is 1.93. The standard InChI is InChI=1S/C13H21NO4/c15-12(16)5-4-11-3-1-2-7-14(11)13(17)10-6-8-18-9-10/h10-11H,1-9H2,(H,15,16)/t10-,11+/m0/s1. The molecule has 0 aromatic carbocycles. The van der Waals surface area contributed by atoms with E-state index in [4.69, 9.17) is 9.84 Å². The van der Waals surface area contributed by atoms with E-state index in [1.165, 1.54) is 0 Å². The first-order valence-electron chi connectivity index (χ1n) is 6.78. The first kappa shape index (κ1) is 13.3. The van der Waals surface area contributed by atoms with Crippen molar-refractivity contribution in [3.8, 4) is 0 Å². The number of aliphatic carboxylic acids is 1. The molecule has 0 spiro atoms. The summed E-state index contributed by atoms with van der Waals surface area (Å²) in [5, 5.41) is 8.76. The van der Waals surface area contributed by atoms with E-state index in [-0.39, 0.29) is 24.3 Å². The number of rotatable bonds is 4. The Labute approximate surface area is 107 Å². The van der Waals surface area contributed by atoms with Gasteiger partial charge in [-0.25, -0.2) is 0 Å². The number of likely N-dealkylation sites (tertiary alicyclic amines) is 1. The molecule has 2 aliphatic rings. The Morgan fingerprint density at radius 2 is 2.11 bits per heavy atom. The summed E-state index contributed by atoms with van der Waals surface area (Å²) in [6.45, 7) is 1.98. The number of piperidine rings is 1. The third-order valence-electron chi connectivity index (χ3n) is 3.88. The van der Waals surface area contributed by atoms with Crippen molar-refractivity contribution >= 4 is 11.9 Å². The summed E-state index contributed by atoms with van der Waals surface area (Å²) in [5.74, 6) is -0.616. The number of carboxylic acids is 1. The molecule has 0 radical (unpaired) electrons. The number of amides is 1. The molecular weight excluding hydrogens is 234 g/mol. The zero-order valence-corrected chi connectivity index (χ0v) is 10.6. The average Bonchev–Trinajstić information content (AvgIpc) is 2.89. The maximum atomic E-state index is 12.4. The summed E-state index contributed by atoms with van der Waals surface area (Å²) in [6, 6.07) is 0.114. The molecule has 1 amide bonds. The minimum Gasteiger partial charge on any atom is -0.481 e. The Morgan fingerprint density at radius 1 is 1.28 bits per heavy atom. The van der Waals surface area contributed by atoms with E-state index in [1.807, 2.05) is 4.90 Å². The van der Waals surface area contributed by atoms with Crippen molar-refractivity contribution in [1.29, 1.82) is 0 Å². The molecule has 0 aromatic heterocycles. The highest BCUT2D eigenvalue weighted by Gasteiger charge is 2.33. The lowest BCUT2D eigenvalue weighted by atomic mass is 9.95. The van der Waals surface area contributed by atoms with Crippen LogP contribution in [-0.2, 0) is 14.3 Å². The van der Waals surface area contributed by atoms with Gasteiger partial charge in [-0.05, 0) is 32.1 Å². The molecule has 2 saturated heterocycles. The number of ether oxygens (including phenoxy) is 1. The lowest BCUT2D eigenvalue weighted by Gasteiger charge is -2.37. The monoisotopic (exact) mass is 255 g/mol. The Kier molecular flexibility index (Phi) is 4.58. The SMILES string of the molecule is O=C(O)CC[C@H]1CCCCN1C(=O)[C@H]1CCOC1. The van der Waals surface area contributed by atoms with Crippen molar-refractivity contribution in [2.45, 2.75) is 44.6 Å². The lowest BCUT2D eigenvalue weighted by molar-refractivity contribution is -0.142. The third-order valence-corrected chi connectivity index (χ3v) is 3.88. The Bertz CT molecular complexity index is 312. The number of nitrogens with zero attached hydrogens (tertiary/aromatic N) is 1. The number of hydrogen-bond acceptors (Lipinski definition) is 3. The number of carbonyl (C=O) groups is 2. The zero-order chi connectivity index (χ0) is 13.0. The second kappa shape index (κ2) is 6.18. The summed E-state index contributed by atoms with van der Waals surface area (Å²) in [7, 11) is 0. The van der Waals surface area contributed by atoms with E-state index < -0.39 is 5.97 Å². The fourth-order valence-electron chi connectivity index (χ4n) is 2.84. The minimum absolute atomic E-state index is 0.00423. The summed E-state index contributed by atoms with van der Waals surface area (Å²) in [4.78, 5) is 24.9. The van der Waals surface area contributed by atoms with Gasteiger partial charge in [0.2, 0.25) is 5.91 Å². The van der Waals surface area contributed by atoms with E-state index >= 15 is 0 Å². The maximum absolute atomic E-state index is 12.4. The molecule has 102 valence electrons. The van der Waals surface area contributed by atoms with Gasteiger partial charge < -0.3 is 14.7 Å². The van der Waals surface area contributed by atoms with Crippen LogP contribution in [0.4, 0.5) is 0 Å². The molecule has 2 aliphatic heterocycles. The summed E-state index contributed by atoms with van der Waals surface area (Å²) in [5.41, 5.74) is 0. The van der Waals surface area contributed by atoms with E-state index in [1.54, 1.807) is 0 Å². The molecule has 2 heterocycles. The first-order valence-corrected chi connectivity index (χ1v) is 6.78. The molecule has 0 saturated carbocycles. The number of carbonyl (C=O) groups excluding carboxylic acids is 1. The van der Waals surface area contributed by atoms with E-state index in [9.17, 15) is 9.59 Å². The minimum atomic E-state index is -0.780. The highest BCUT2D eigenvalue weighted by Crippen LogP contribution is 2.25. The van der Waals surface area contributed by atoms with Gasteiger partial charge in [-0.3, -0.25) is 9.59 Å². The summed E-state index contributed by atoms with van der Waals surface area (Å²) in [6.07, 6.45) is 4.59. The van der Waals surface area contributed by atoms with Crippen LogP contribution in [0.2, 0.25) is 0 Å². The molecule has 2 atom stereocenters. The smallest absolute Gasteiger partial charge is 0.303 e. The van der Waals surface area contributed by atoms with Gasteiger partial charge in [0.1, 0.15) is 0 Å². The lowest BCUT2D eigenvalue weighted by Crippen LogP contribution is -2.46. The highest BCUT2D eigenvalue weighted by atomic mass is 16.5. The largest absolute Gasteiger partial charge is 0.481 e. The molecule has 5 heteroatoms. The van der Waals surface area contributed by atoms with Crippen LogP contribution in [0.15, 0.2) is 0 Å². The predicted octanol–water partition coefficient (Wildman–Crippen LogP) is 1.27. The van der Waals surface area contributed by atoms with Crippen molar-refractivity contribution in [3.63, 3.8) is 0 Å². The summed E-state index contributed by atoms with van der Waals surface area (Å²) < 4.78 is 5.26. The van der Waals surface area contributed by atoms with Crippen LogP contribution in [0.25, 0.3) is 0 Å². The van der Waals surface area contributed by atoms with E-state index in [0.29, 0.717) is 19.6 Å². The average molecular weight is 255 g/mol. The van der Waals surface area contributed by atoms with Gasteiger partial charge in [-0.1, -0.05) is 0 Å². The first-order chi connectivity index (χ1) is 8.68. The van der Waals surface area contributed by atoms with Crippen LogP contribution in [-0.4, -0.2) is 47.7 Å². The second-order valence-corrected chi connectivity index (χ2v) is 5.17. The van der Waals surface area contributed by atoms with Crippen LogP contribution >= 0.6 is 0 Å². The van der Waals surface area contributed by atoms with Crippen molar-refractivity contribution in [3.05, 3.63) is 0 Å². The summed E-state index contributed by atoms with van der Waals surface area (Å²) >= 11 is 0. The maximum Gasteiger partial charge on any atom is 0.303 e. The van der Waals surface area contributed by atoms with Crippen molar-refractivity contribution in [2.24, 2.45) is 5.92 Å². The van der Waals surface area contributed by atoms with Gasteiger partial charge in [0.05, 0.1) is 12.5 Å². The molecular formula is C13H21NO4. The topological polar surface area (TPSA) is 66.8 Å². The van der Waals surface area contributed by atoms with E-state index in [0.717, 1.165) is 32.2 Å². The van der Waals surface area contributed by atoms with Gasteiger partial charge in [-0.2, -0.15) is 0 Å². The van der Waals surface area contributed by atoms with Gasteiger partial charge in [0.15, 0.2) is 0 Å². The van der Waals surface area contributed by atoms with Crippen LogP contribution in [0.5, 0.6) is 0 Å². The van der Waals surface area contributed by atoms with Crippen LogP contribution in [0.1, 0.15) is 38.5 Å². The fraction of sp³-hybridized carbons (Fsp3) is 0.846. The van der Waals surface area contributed by atoms with Crippen LogP contribution in [0, 0.1) is 5.92 Å². The van der Waals surface area contributed by atoms with Crippen LogP contribution < -0.4 is 0 Å². The predicted molar refractivity (Wildman–Crippen MR) is 65.1 cm³/mol. The normalized spacial score (nSPS) is 28.3. The van der Waals surface area contributed by atoms with Gasteiger partial charge in [0.25, 0.3) is 0 Å². The van der Waals surface area contributed by atoms with Crippen LogP contribution in [0.3, 0.4) is 0 Å². The van der Waals surface area contributed by atoms with Crippen molar-refractivity contribution < 1.29 is 19.4 Å². The van der Waals surface area contributed by atoms with E-state index in [2.05, 4.69) is 0 Å². The van der Waals surface area contributed by atoms with Gasteiger partial charge in [-0.15, -0.1) is 0 Å². The molecule has 2 fully saturated rings. The quantitative estimate of drug-likeness (QED) is 0.821. The highest BCUT2D eigenvalue weighted by molar-refractivity contribution is 5.79.